The van der Waals surface area contributed by atoms with Gasteiger partial charge in [-0.2, -0.15) is 0 Å². The standard InChI is InChI=1S/C13H12N6S2/c1-2-8-19(7-1)12-17-18-13(21-12)20-10-4-3-9-11(16-10)15-6-5-14-9/h3-6H,1-2,7-8H2. The minimum absolute atomic E-state index is 0.659. The number of anilines is 1. The van der Waals surface area contributed by atoms with Crippen LogP contribution in [0.5, 0.6) is 0 Å². The highest BCUT2D eigenvalue weighted by atomic mass is 32.2. The van der Waals surface area contributed by atoms with Crippen molar-refractivity contribution in [3.05, 3.63) is 24.5 Å². The molecule has 0 unspecified atom stereocenters. The first-order valence-electron chi connectivity index (χ1n) is 6.72. The second kappa shape index (κ2) is 5.53. The lowest BCUT2D eigenvalue weighted by Crippen LogP contribution is -2.17. The average molecular weight is 316 g/mol. The van der Waals surface area contributed by atoms with Gasteiger partial charge in [-0.25, -0.2) is 9.97 Å². The van der Waals surface area contributed by atoms with E-state index in [0.717, 1.165) is 33.1 Å². The number of hydrogen-bond acceptors (Lipinski definition) is 8. The van der Waals surface area contributed by atoms with E-state index in [9.17, 15) is 0 Å². The van der Waals surface area contributed by atoms with Crippen molar-refractivity contribution in [1.29, 1.82) is 0 Å². The summed E-state index contributed by atoms with van der Waals surface area (Å²) in [6.45, 7) is 2.17. The van der Waals surface area contributed by atoms with E-state index in [0.29, 0.717) is 5.65 Å². The summed E-state index contributed by atoms with van der Waals surface area (Å²) in [5.74, 6) is 0. The fraction of sp³-hybridized carbons (Fsp3) is 0.308. The number of nitrogens with zero attached hydrogens (tertiary/aromatic N) is 6. The first-order chi connectivity index (χ1) is 10.4. The molecule has 0 bridgehead atoms. The number of hydrogen-bond donors (Lipinski definition) is 0. The maximum atomic E-state index is 4.49. The van der Waals surface area contributed by atoms with Crippen LogP contribution in [0, 0.1) is 0 Å². The van der Waals surface area contributed by atoms with Crippen molar-refractivity contribution in [2.24, 2.45) is 0 Å². The molecule has 4 rings (SSSR count). The van der Waals surface area contributed by atoms with Gasteiger partial charge in [0.1, 0.15) is 10.5 Å². The molecule has 1 fully saturated rings. The fourth-order valence-corrected chi connectivity index (χ4v) is 4.07. The van der Waals surface area contributed by atoms with Crippen molar-refractivity contribution in [2.45, 2.75) is 22.2 Å². The maximum absolute atomic E-state index is 4.49. The Kier molecular flexibility index (Phi) is 3.40. The molecule has 3 aromatic rings. The Morgan fingerprint density at radius 3 is 2.81 bits per heavy atom. The second-order valence-electron chi connectivity index (χ2n) is 4.70. The SMILES string of the molecule is c1cnc2nc(Sc3nnc(N4CCCC4)s3)ccc2n1. The van der Waals surface area contributed by atoms with E-state index in [1.165, 1.54) is 24.6 Å². The zero-order valence-corrected chi connectivity index (χ0v) is 12.8. The Bertz CT molecular complexity index is 768. The minimum Gasteiger partial charge on any atom is -0.347 e. The molecule has 0 spiro atoms. The predicted octanol–water partition coefficient (Wildman–Crippen LogP) is 2.63. The van der Waals surface area contributed by atoms with Gasteiger partial charge in [-0.15, -0.1) is 10.2 Å². The monoisotopic (exact) mass is 316 g/mol. The van der Waals surface area contributed by atoms with Crippen molar-refractivity contribution in [1.82, 2.24) is 25.1 Å². The van der Waals surface area contributed by atoms with Gasteiger partial charge in [-0.1, -0.05) is 11.3 Å². The summed E-state index contributed by atoms with van der Waals surface area (Å²) in [5.41, 5.74) is 1.46. The summed E-state index contributed by atoms with van der Waals surface area (Å²) in [7, 11) is 0. The molecule has 0 aliphatic carbocycles. The van der Waals surface area contributed by atoms with Crippen LogP contribution in [-0.2, 0) is 0 Å². The molecule has 1 aliphatic heterocycles. The summed E-state index contributed by atoms with van der Waals surface area (Å²) >= 11 is 3.14. The highest BCUT2D eigenvalue weighted by molar-refractivity contribution is 8.01. The molecule has 0 aromatic carbocycles. The van der Waals surface area contributed by atoms with Gasteiger partial charge >= 0.3 is 0 Å². The summed E-state index contributed by atoms with van der Waals surface area (Å²) in [6, 6.07) is 3.87. The zero-order valence-electron chi connectivity index (χ0n) is 11.1. The van der Waals surface area contributed by atoms with Gasteiger partial charge in [0, 0.05) is 25.5 Å². The van der Waals surface area contributed by atoms with Gasteiger partial charge in [0.25, 0.3) is 0 Å². The molecule has 6 nitrogen and oxygen atoms in total. The summed E-state index contributed by atoms with van der Waals surface area (Å²) < 4.78 is 0.910. The number of aromatic nitrogens is 5. The molecule has 21 heavy (non-hydrogen) atoms. The van der Waals surface area contributed by atoms with Crippen LogP contribution in [0.25, 0.3) is 11.2 Å². The van der Waals surface area contributed by atoms with E-state index in [2.05, 4.69) is 30.0 Å². The average Bonchev–Trinajstić information content (AvgIpc) is 3.18. The molecule has 3 aromatic heterocycles. The molecule has 1 saturated heterocycles. The third-order valence-electron chi connectivity index (χ3n) is 3.27. The summed E-state index contributed by atoms with van der Waals surface area (Å²) in [4.78, 5) is 15.2. The molecule has 0 radical (unpaired) electrons. The highest BCUT2D eigenvalue weighted by Crippen LogP contribution is 2.33. The van der Waals surface area contributed by atoms with E-state index >= 15 is 0 Å². The molecule has 8 heteroatoms. The van der Waals surface area contributed by atoms with Gasteiger partial charge < -0.3 is 4.90 Å². The summed E-state index contributed by atoms with van der Waals surface area (Å²) in [6.07, 6.45) is 5.81. The van der Waals surface area contributed by atoms with Crippen molar-refractivity contribution < 1.29 is 0 Å². The van der Waals surface area contributed by atoms with Crippen molar-refractivity contribution in [2.75, 3.05) is 18.0 Å². The fourth-order valence-electron chi connectivity index (χ4n) is 2.26. The van der Waals surface area contributed by atoms with Crippen LogP contribution in [0.3, 0.4) is 0 Å². The highest BCUT2D eigenvalue weighted by Gasteiger charge is 2.17. The number of fused-ring (bicyclic) bond motifs is 1. The van der Waals surface area contributed by atoms with E-state index in [4.69, 9.17) is 0 Å². The zero-order chi connectivity index (χ0) is 14.1. The first kappa shape index (κ1) is 12.9. The van der Waals surface area contributed by atoms with E-state index < -0.39 is 0 Å². The molecule has 0 saturated carbocycles. The van der Waals surface area contributed by atoms with Crippen molar-refractivity contribution in [3.63, 3.8) is 0 Å². The lowest BCUT2D eigenvalue weighted by molar-refractivity contribution is 0.912. The van der Waals surface area contributed by atoms with Gasteiger partial charge in [-0.3, -0.25) is 4.98 Å². The molecular formula is C13H12N6S2. The van der Waals surface area contributed by atoms with Gasteiger partial charge in [0.15, 0.2) is 9.99 Å². The van der Waals surface area contributed by atoms with E-state index in [1.54, 1.807) is 23.7 Å². The number of rotatable bonds is 3. The lowest BCUT2D eigenvalue weighted by atomic mass is 10.4. The quantitative estimate of drug-likeness (QED) is 0.735. The Hall–Kier alpha value is -1.80. The van der Waals surface area contributed by atoms with Crippen LogP contribution >= 0.6 is 23.1 Å². The maximum Gasteiger partial charge on any atom is 0.209 e. The van der Waals surface area contributed by atoms with Crippen LogP contribution in [0.4, 0.5) is 5.13 Å². The van der Waals surface area contributed by atoms with Crippen LogP contribution < -0.4 is 4.90 Å². The Morgan fingerprint density at radius 2 is 1.90 bits per heavy atom. The molecular weight excluding hydrogens is 304 g/mol. The smallest absolute Gasteiger partial charge is 0.209 e. The molecule has 1 aliphatic rings. The van der Waals surface area contributed by atoms with Gasteiger partial charge in [-0.05, 0) is 36.7 Å². The van der Waals surface area contributed by atoms with Crippen LogP contribution in [-0.4, -0.2) is 38.2 Å². The van der Waals surface area contributed by atoms with Crippen LogP contribution in [0.1, 0.15) is 12.8 Å². The van der Waals surface area contributed by atoms with Gasteiger partial charge in [0.2, 0.25) is 5.13 Å². The van der Waals surface area contributed by atoms with Crippen molar-refractivity contribution >= 4 is 39.4 Å². The Morgan fingerprint density at radius 1 is 1.05 bits per heavy atom. The normalized spacial score (nSPS) is 15.0. The lowest BCUT2D eigenvalue weighted by Gasteiger charge is -2.10. The molecule has 0 atom stereocenters. The Balaban J connectivity index is 1.56. The van der Waals surface area contributed by atoms with Gasteiger partial charge in [0.05, 0.1) is 0 Å². The topological polar surface area (TPSA) is 67.7 Å². The largest absolute Gasteiger partial charge is 0.347 e. The van der Waals surface area contributed by atoms with Crippen LogP contribution in [0.2, 0.25) is 0 Å². The van der Waals surface area contributed by atoms with E-state index in [-0.39, 0.29) is 0 Å². The second-order valence-corrected chi connectivity index (χ2v) is 6.92. The van der Waals surface area contributed by atoms with Crippen LogP contribution in [0.15, 0.2) is 33.9 Å². The Labute approximate surface area is 129 Å². The third kappa shape index (κ3) is 2.68. The molecule has 4 heterocycles. The van der Waals surface area contributed by atoms with E-state index in [1.807, 2.05) is 12.1 Å². The predicted molar refractivity (Wildman–Crippen MR) is 82.8 cm³/mol. The first-order valence-corrected chi connectivity index (χ1v) is 8.36. The molecule has 106 valence electrons. The van der Waals surface area contributed by atoms with Crippen molar-refractivity contribution in [3.8, 4) is 0 Å². The minimum atomic E-state index is 0.659. The summed E-state index contributed by atoms with van der Waals surface area (Å²) in [5, 5.41) is 10.4. The third-order valence-corrected chi connectivity index (χ3v) is 5.24. The molecule has 0 N–H and O–H groups in total. The number of pyridine rings is 1. The molecule has 0 amide bonds.